The fourth-order valence-corrected chi connectivity index (χ4v) is 4.52. The number of nitrogens with zero attached hydrogens (tertiary/aromatic N) is 3. The SMILES string of the molecule is CN(C)c1ccc(/C=N/NC(=O)CCc2ccc(S(=O)(=O)N3CCOCC3)cc2)cc1. The summed E-state index contributed by atoms with van der Waals surface area (Å²) in [6.45, 7) is 1.56. The maximum Gasteiger partial charge on any atom is 0.243 e. The minimum absolute atomic E-state index is 0.203. The van der Waals surface area contributed by atoms with Gasteiger partial charge in [-0.2, -0.15) is 9.41 Å². The molecular weight excluding hydrogens is 416 g/mol. The van der Waals surface area contributed by atoms with Crippen molar-refractivity contribution in [2.24, 2.45) is 5.10 Å². The molecule has 0 saturated carbocycles. The molecule has 0 unspecified atom stereocenters. The molecule has 0 aromatic heterocycles. The molecule has 166 valence electrons. The second kappa shape index (κ2) is 10.5. The summed E-state index contributed by atoms with van der Waals surface area (Å²) < 4.78 is 31.9. The van der Waals surface area contributed by atoms with Crippen molar-refractivity contribution >= 4 is 27.8 Å². The zero-order chi connectivity index (χ0) is 22.3. The average molecular weight is 445 g/mol. The highest BCUT2D eigenvalue weighted by atomic mass is 32.2. The van der Waals surface area contributed by atoms with Gasteiger partial charge in [0.25, 0.3) is 0 Å². The number of hydrogen-bond acceptors (Lipinski definition) is 6. The Hall–Kier alpha value is -2.75. The fourth-order valence-electron chi connectivity index (χ4n) is 3.12. The number of benzene rings is 2. The van der Waals surface area contributed by atoms with E-state index < -0.39 is 10.0 Å². The molecule has 0 spiro atoms. The summed E-state index contributed by atoms with van der Waals surface area (Å²) in [4.78, 5) is 14.3. The molecule has 8 nitrogen and oxygen atoms in total. The highest BCUT2D eigenvalue weighted by Gasteiger charge is 2.26. The summed E-state index contributed by atoms with van der Waals surface area (Å²) in [6, 6.07) is 14.5. The summed E-state index contributed by atoms with van der Waals surface area (Å²) in [5.74, 6) is -0.203. The lowest BCUT2D eigenvalue weighted by atomic mass is 10.1. The number of nitrogens with one attached hydrogen (secondary N) is 1. The van der Waals surface area contributed by atoms with Crippen molar-refractivity contribution in [3.8, 4) is 0 Å². The zero-order valence-electron chi connectivity index (χ0n) is 17.8. The Morgan fingerprint density at radius 2 is 1.74 bits per heavy atom. The Labute approximate surface area is 183 Å². The van der Waals surface area contributed by atoms with Gasteiger partial charge in [-0.3, -0.25) is 4.79 Å². The van der Waals surface area contributed by atoms with Crippen LogP contribution in [0.2, 0.25) is 0 Å². The predicted molar refractivity (Wildman–Crippen MR) is 121 cm³/mol. The topological polar surface area (TPSA) is 91.3 Å². The van der Waals surface area contributed by atoms with Gasteiger partial charge in [0.2, 0.25) is 15.9 Å². The van der Waals surface area contributed by atoms with E-state index >= 15 is 0 Å². The molecule has 31 heavy (non-hydrogen) atoms. The standard InChI is InChI=1S/C22H28N4O4S/c1-25(2)20-8-3-19(4-9-20)17-23-24-22(27)12-7-18-5-10-21(11-6-18)31(28,29)26-13-15-30-16-14-26/h3-6,8-11,17H,7,12-16H2,1-2H3,(H,24,27)/b23-17+. The van der Waals surface area contributed by atoms with Gasteiger partial charge in [-0.25, -0.2) is 13.8 Å². The van der Waals surface area contributed by atoms with E-state index in [0.717, 1.165) is 16.8 Å². The molecule has 0 aliphatic carbocycles. The van der Waals surface area contributed by atoms with Crippen molar-refractivity contribution in [2.45, 2.75) is 17.7 Å². The number of carbonyl (C=O) groups is 1. The molecule has 1 N–H and O–H groups in total. The molecule has 1 saturated heterocycles. The lowest BCUT2D eigenvalue weighted by Crippen LogP contribution is -2.40. The number of hydrazone groups is 1. The fraction of sp³-hybridized carbons (Fsp3) is 0.364. The Morgan fingerprint density at radius 1 is 1.10 bits per heavy atom. The maximum absolute atomic E-state index is 12.6. The van der Waals surface area contributed by atoms with E-state index in [4.69, 9.17) is 4.74 Å². The van der Waals surface area contributed by atoms with Crippen LogP contribution in [0.15, 0.2) is 58.5 Å². The molecule has 2 aromatic carbocycles. The van der Waals surface area contributed by atoms with Gasteiger partial charge in [-0.1, -0.05) is 24.3 Å². The molecule has 2 aromatic rings. The van der Waals surface area contributed by atoms with E-state index in [2.05, 4.69) is 10.5 Å². The lowest BCUT2D eigenvalue weighted by molar-refractivity contribution is -0.121. The number of amides is 1. The van der Waals surface area contributed by atoms with Crippen LogP contribution in [-0.4, -0.2) is 65.2 Å². The third-order valence-electron chi connectivity index (χ3n) is 4.98. The van der Waals surface area contributed by atoms with Gasteiger partial charge >= 0.3 is 0 Å². The maximum atomic E-state index is 12.6. The van der Waals surface area contributed by atoms with E-state index in [0.29, 0.717) is 32.7 Å². The molecule has 3 rings (SSSR count). The number of morpholine rings is 1. The minimum atomic E-state index is -3.50. The smallest absolute Gasteiger partial charge is 0.243 e. The van der Waals surface area contributed by atoms with Crippen molar-refractivity contribution in [3.63, 3.8) is 0 Å². The van der Waals surface area contributed by atoms with Crippen LogP contribution in [-0.2, 0) is 26.0 Å². The Kier molecular flexibility index (Phi) is 7.78. The lowest BCUT2D eigenvalue weighted by Gasteiger charge is -2.26. The molecule has 1 fully saturated rings. The monoisotopic (exact) mass is 444 g/mol. The van der Waals surface area contributed by atoms with Crippen molar-refractivity contribution in [1.29, 1.82) is 0 Å². The van der Waals surface area contributed by atoms with Crippen LogP contribution >= 0.6 is 0 Å². The van der Waals surface area contributed by atoms with Gasteiger partial charge in [0.15, 0.2) is 0 Å². The first-order valence-corrected chi connectivity index (χ1v) is 11.6. The van der Waals surface area contributed by atoms with Crippen LogP contribution in [0.25, 0.3) is 0 Å². The molecule has 1 aliphatic heterocycles. The summed E-state index contributed by atoms with van der Waals surface area (Å²) in [5, 5.41) is 3.99. The normalized spacial score (nSPS) is 15.2. The minimum Gasteiger partial charge on any atom is -0.379 e. The first-order chi connectivity index (χ1) is 14.9. The van der Waals surface area contributed by atoms with Crippen LogP contribution in [0.4, 0.5) is 5.69 Å². The molecule has 0 radical (unpaired) electrons. The van der Waals surface area contributed by atoms with E-state index in [1.165, 1.54) is 4.31 Å². The molecule has 0 bridgehead atoms. The van der Waals surface area contributed by atoms with Crippen molar-refractivity contribution in [3.05, 3.63) is 59.7 Å². The molecule has 1 aliphatic rings. The first-order valence-electron chi connectivity index (χ1n) is 10.1. The Bertz CT molecular complexity index is 997. The summed E-state index contributed by atoms with van der Waals surface area (Å²) >= 11 is 0. The summed E-state index contributed by atoms with van der Waals surface area (Å²) in [6.07, 6.45) is 2.35. The van der Waals surface area contributed by atoms with E-state index in [1.807, 2.05) is 43.3 Å². The number of ether oxygens (including phenoxy) is 1. The predicted octanol–water partition coefficient (Wildman–Crippen LogP) is 1.86. The first kappa shape index (κ1) is 22.9. The van der Waals surface area contributed by atoms with E-state index in [-0.39, 0.29) is 17.2 Å². The van der Waals surface area contributed by atoms with Crippen LogP contribution in [0.5, 0.6) is 0 Å². The second-order valence-electron chi connectivity index (χ2n) is 7.44. The van der Waals surface area contributed by atoms with Crippen molar-refractivity contribution in [1.82, 2.24) is 9.73 Å². The quantitative estimate of drug-likeness (QED) is 0.496. The number of anilines is 1. The Morgan fingerprint density at radius 3 is 2.35 bits per heavy atom. The number of aryl methyl sites for hydroxylation is 1. The van der Waals surface area contributed by atoms with Crippen LogP contribution in [0, 0.1) is 0 Å². The molecular formula is C22H28N4O4S. The van der Waals surface area contributed by atoms with Crippen molar-refractivity contribution < 1.29 is 17.9 Å². The third-order valence-corrected chi connectivity index (χ3v) is 6.90. The molecule has 9 heteroatoms. The third kappa shape index (κ3) is 6.36. The second-order valence-corrected chi connectivity index (χ2v) is 9.38. The van der Waals surface area contributed by atoms with Gasteiger partial charge < -0.3 is 9.64 Å². The molecule has 1 amide bonds. The van der Waals surface area contributed by atoms with Crippen LogP contribution in [0.3, 0.4) is 0 Å². The van der Waals surface area contributed by atoms with Gasteiger partial charge in [-0.15, -0.1) is 0 Å². The van der Waals surface area contributed by atoms with Crippen LogP contribution in [0.1, 0.15) is 17.5 Å². The summed E-state index contributed by atoms with van der Waals surface area (Å²) in [5.41, 5.74) is 5.39. The van der Waals surface area contributed by atoms with Gasteiger partial charge in [0.05, 0.1) is 24.3 Å². The van der Waals surface area contributed by atoms with Crippen molar-refractivity contribution in [2.75, 3.05) is 45.3 Å². The number of hydrogen-bond donors (Lipinski definition) is 1. The Balaban J connectivity index is 1.47. The van der Waals surface area contributed by atoms with Gasteiger partial charge in [0.1, 0.15) is 0 Å². The van der Waals surface area contributed by atoms with Gasteiger partial charge in [0, 0.05) is 39.3 Å². The highest BCUT2D eigenvalue weighted by molar-refractivity contribution is 7.89. The van der Waals surface area contributed by atoms with Gasteiger partial charge in [-0.05, 0) is 41.8 Å². The number of sulfonamides is 1. The highest BCUT2D eigenvalue weighted by Crippen LogP contribution is 2.18. The number of carbonyl (C=O) groups excluding carboxylic acids is 1. The largest absolute Gasteiger partial charge is 0.379 e. The van der Waals surface area contributed by atoms with E-state index in [1.54, 1.807) is 30.5 Å². The number of rotatable bonds is 8. The van der Waals surface area contributed by atoms with E-state index in [9.17, 15) is 13.2 Å². The summed E-state index contributed by atoms with van der Waals surface area (Å²) in [7, 11) is 0.441. The molecule has 1 heterocycles. The van der Waals surface area contributed by atoms with Crippen LogP contribution < -0.4 is 10.3 Å². The zero-order valence-corrected chi connectivity index (χ0v) is 18.6. The molecule has 0 atom stereocenters. The average Bonchev–Trinajstić information content (AvgIpc) is 2.79.